The first kappa shape index (κ1) is 48.9. The molecule has 4 N–H and O–H groups in total. The summed E-state index contributed by atoms with van der Waals surface area (Å²) in [6.07, 6.45) is 3.97. The van der Waals surface area contributed by atoms with Crippen LogP contribution in [0.25, 0.3) is 10.8 Å². The number of hydrazone groups is 1. The minimum Gasteiger partial charge on any atom is -0.744 e. The van der Waals surface area contributed by atoms with Gasteiger partial charge >= 0.3 is 88.7 Å². The zero-order chi connectivity index (χ0) is 39.5. The zero-order valence-electron chi connectivity index (χ0n) is 30.6. The van der Waals surface area contributed by atoms with E-state index < -0.39 is 56.4 Å². The molecule has 0 unspecified atom stereocenters. The van der Waals surface area contributed by atoms with Gasteiger partial charge in [-0.3, -0.25) is 10.2 Å². The summed E-state index contributed by atoms with van der Waals surface area (Å²) in [5, 5.41) is 22.4. The van der Waals surface area contributed by atoms with E-state index in [1.165, 1.54) is 30.4 Å². The summed E-state index contributed by atoms with van der Waals surface area (Å²) in [5.41, 5.74) is 8.96. The summed E-state index contributed by atoms with van der Waals surface area (Å²) in [6.45, 7) is 0. The number of rotatable bonds is 11. The molecule has 6 rings (SSSR count). The maximum Gasteiger partial charge on any atom is 1.00 e. The fourth-order valence-corrected chi connectivity index (χ4v) is 6.89. The van der Waals surface area contributed by atoms with Gasteiger partial charge in [-0.05, 0) is 102 Å². The van der Waals surface area contributed by atoms with Gasteiger partial charge in [-0.15, -0.1) is 10.2 Å². The van der Waals surface area contributed by atoms with E-state index in [9.17, 15) is 43.7 Å². The van der Waals surface area contributed by atoms with Crippen LogP contribution in [0, 0.1) is 0 Å². The van der Waals surface area contributed by atoms with Crippen molar-refractivity contribution in [2.24, 2.45) is 31.3 Å². The van der Waals surface area contributed by atoms with Crippen molar-refractivity contribution < 1.29 is 132 Å². The Morgan fingerprint density at radius 1 is 0.552 bits per heavy atom. The van der Waals surface area contributed by atoms with Gasteiger partial charge in [-0.1, -0.05) is 18.2 Å². The summed E-state index contributed by atoms with van der Waals surface area (Å²) < 4.78 is 110. The summed E-state index contributed by atoms with van der Waals surface area (Å²) in [4.78, 5) is 8.88. The minimum absolute atomic E-state index is 0. The van der Waals surface area contributed by atoms with Crippen molar-refractivity contribution in [2.45, 2.75) is 14.7 Å². The smallest absolute Gasteiger partial charge is 0.744 e. The molecule has 1 aliphatic rings. The van der Waals surface area contributed by atoms with Gasteiger partial charge in [0.1, 0.15) is 47.4 Å². The Morgan fingerprint density at radius 3 is 1.60 bits per heavy atom. The van der Waals surface area contributed by atoms with Crippen molar-refractivity contribution in [2.75, 3.05) is 10.7 Å². The number of hydrogen-bond acceptors (Lipinski definition) is 18. The summed E-state index contributed by atoms with van der Waals surface area (Å²) in [7, 11) is -15.6. The van der Waals surface area contributed by atoms with Gasteiger partial charge in [-0.25, -0.2) is 25.3 Å². The molecule has 1 aliphatic carbocycles. The maximum absolute atomic E-state index is 12.3. The molecule has 0 heterocycles. The molecule has 5 aromatic carbocycles. The molecule has 0 aliphatic heterocycles. The second-order valence-corrected chi connectivity index (χ2v) is 15.5. The van der Waals surface area contributed by atoms with E-state index in [1.807, 2.05) is 0 Å². The van der Waals surface area contributed by atoms with Crippen LogP contribution in [0.2, 0.25) is 0 Å². The molecule has 0 atom stereocenters. The average molecular weight is 869 g/mol. The van der Waals surface area contributed by atoms with Crippen LogP contribution in [0.1, 0.15) is 0 Å². The Labute approximate surface area is 398 Å². The Kier molecular flexibility index (Phi) is 17.0. The van der Waals surface area contributed by atoms with Gasteiger partial charge < -0.3 is 24.7 Å². The number of allylic oxidation sites excluding steroid dienone is 3. The second-order valence-electron chi connectivity index (χ2n) is 11.4. The molecule has 0 radical (unpaired) electrons. The molecule has 0 amide bonds. The van der Waals surface area contributed by atoms with Crippen LogP contribution >= 0.6 is 0 Å². The molecular weight excluding hydrogens is 846 g/mol. The number of nitrogens with two attached hydrogens (primary N) is 1. The van der Waals surface area contributed by atoms with Gasteiger partial charge in [0.15, 0.2) is 5.78 Å². The predicted molar refractivity (Wildman–Crippen MR) is 196 cm³/mol. The largest absolute Gasteiger partial charge is 1.00 e. The number of hydrogen-bond donors (Lipinski definition) is 3. The fourth-order valence-electron chi connectivity index (χ4n) is 4.98. The van der Waals surface area contributed by atoms with E-state index in [0.29, 0.717) is 22.8 Å². The normalized spacial score (nSPS) is 13.8. The van der Waals surface area contributed by atoms with Crippen LogP contribution < -0.4 is 105 Å². The van der Waals surface area contributed by atoms with Crippen molar-refractivity contribution in [3.05, 3.63) is 121 Å². The first-order valence-corrected chi connectivity index (χ1v) is 19.6. The van der Waals surface area contributed by atoms with E-state index >= 15 is 0 Å². The molecule has 0 bridgehead atoms. The van der Waals surface area contributed by atoms with E-state index in [0.717, 1.165) is 30.3 Å². The van der Waals surface area contributed by atoms with Crippen LogP contribution in [-0.4, -0.2) is 50.4 Å². The van der Waals surface area contributed by atoms with Crippen LogP contribution in [0.3, 0.4) is 0 Å². The number of anilines is 3. The molecular formula is C34H23N8Na3O10S3. The minimum atomic E-state index is -5.29. The van der Waals surface area contributed by atoms with Crippen LogP contribution in [-0.2, 0) is 35.1 Å². The van der Waals surface area contributed by atoms with Crippen molar-refractivity contribution in [1.29, 1.82) is 0 Å². The average Bonchev–Trinajstić information content (AvgIpc) is 3.12. The molecule has 0 aromatic heterocycles. The predicted octanol–water partition coefficient (Wildman–Crippen LogP) is -3.11. The van der Waals surface area contributed by atoms with E-state index in [4.69, 9.17) is 5.73 Å². The quantitative estimate of drug-likeness (QED) is 0.0390. The monoisotopic (exact) mass is 868 g/mol. The first-order chi connectivity index (χ1) is 25.9. The van der Waals surface area contributed by atoms with Gasteiger partial charge in [0.05, 0.1) is 43.1 Å². The van der Waals surface area contributed by atoms with Gasteiger partial charge in [-0.2, -0.15) is 15.3 Å². The number of carbonyl (C=O) groups excluding carboxylic acids is 1. The van der Waals surface area contributed by atoms with E-state index in [1.54, 1.807) is 54.6 Å². The van der Waals surface area contributed by atoms with Crippen molar-refractivity contribution in [3.8, 4) is 0 Å². The summed E-state index contributed by atoms with van der Waals surface area (Å²) in [6, 6.07) is 21.6. The third-order valence-electron chi connectivity index (χ3n) is 7.54. The Balaban J connectivity index is 0.00000300. The van der Waals surface area contributed by atoms with Crippen molar-refractivity contribution in [1.82, 2.24) is 0 Å². The zero-order valence-corrected chi connectivity index (χ0v) is 39.0. The number of fused-ring (bicyclic) bond motifs is 1. The first-order valence-electron chi connectivity index (χ1n) is 15.4. The van der Waals surface area contributed by atoms with Gasteiger partial charge in [0.2, 0.25) is 0 Å². The van der Waals surface area contributed by atoms with Gasteiger partial charge in [0, 0.05) is 11.8 Å². The van der Waals surface area contributed by atoms with E-state index in [2.05, 4.69) is 36.3 Å². The van der Waals surface area contributed by atoms with Crippen molar-refractivity contribution >= 4 is 92.4 Å². The standard InChI is InChI=1S/C34H26N8O10S3.3Na/c35-27-19-26(43)11-13-28(27)40-38-24-8-6-22(7-9-24)36-29-12-10-25(18-34(29)55(50,51)52)39-42-31-15-20-14-30(41-37-23-4-2-1-3-5-23)32(53(44,45)46)16-21(20)17-33(31)54(47,48)49;;;/h1-19,36,38H,35H2,(H,44,45,46)(H,47,48,49)(H,50,51,52);;;/q;3*+1/p-3/b40-28-,41-37?,42-39?;;;. The third kappa shape index (κ3) is 12.5. The topological polar surface area (TPSA) is 301 Å². The fraction of sp³-hybridized carbons (Fsp3) is 0. The Morgan fingerprint density at radius 2 is 1.07 bits per heavy atom. The van der Waals surface area contributed by atoms with Gasteiger partial charge in [0.25, 0.3) is 0 Å². The number of nitrogens with one attached hydrogen (secondary N) is 2. The number of ketones is 1. The number of azo groups is 2. The molecule has 0 saturated heterocycles. The molecule has 18 nitrogen and oxygen atoms in total. The SMILES string of the molecule is NC1=CC(=O)C=C/C1=N/Nc1ccc(Nc2ccc(N=Nc3cc4cc(N=Nc5ccccc5)c(S(=O)(=O)[O-])cc4cc3S(=O)(=O)[O-])cc2S(=O)(=O)[O-])cc1.[Na+].[Na+].[Na+]. The third-order valence-corrected chi connectivity index (χ3v) is 10.1. The van der Waals surface area contributed by atoms with Crippen LogP contribution in [0.5, 0.6) is 0 Å². The van der Waals surface area contributed by atoms with Crippen molar-refractivity contribution in [3.63, 3.8) is 0 Å². The second kappa shape index (κ2) is 20.2. The number of carbonyl (C=O) groups is 1. The molecule has 0 spiro atoms. The Bertz CT molecular complexity index is 2880. The number of nitrogens with zero attached hydrogens (tertiary/aromatic N) is 5. The summed E-state index contributed by atoms with van der Waals surface area (Å²) >= 11 is 0. The summed E-state index contributed by atoms with van der Waals surface area (Å²) in [5.74, 6) is -0.270. The molecule has 58 heavy (non-hydrogen) atoms. The molecule has 5 aromatic rings. The number of benzene rings is 5. The molecule has 280 valence electrons. The van der Waals surface area contributed by atoms with Crippen LogP contribution in [0.15, 0.2) is 161 Å². The molecule has 0 fully saturated rings. The maximum atomic E-state index is 12.3. The molecule has 24 heteroatoms. The molecule has 0 saturated carbocycles. The van der Waals surface area contributed by atoms with Crippen LogP contribution in [0.4, 0.5) is 39.8 Å². The Hall–Kier alpha value is -3.49. The van der Waals surface area contributed by atoms with E-state index in [-0.39, 0.29) is 122 Å².